The molecule has 1 saturated heterocycles. The van der Waals surface area contributed by atoms with Crippen LogP contribution in [0, 0.1) is 5.41 Å². The number of rotatable bonds is 5. The Morgan fingerprint density at radius 1 is 1.64 bits per heavy atom. The van der Waals surface area contributed by atoms with E-state index in [2.05, 4.69) is 16.7 Å². The molecular weight excluding hydrogens is 176 g/mol. The van der Waals surface area contributed by atoms with Gasteiger partial charge in [0.1, 0.15) is 5.84 Å². The highest BCUT2D eigenvalue weighted by atomic mass is 15.2. The standard InChI is InChI=1S/C10H22N4/c1-3-14-6-4-5-9(14)7-13(2)8-10(11)12/h9H,3-8H2,1-2H3,(H3,11,12). The van der Waals surface area contributed by atoms with Gasteiger partial charge in [0.15, 0.2) is 0 Å². The van der Waals surface area contributed by atoms with Gasteiger partial charge in [-0.1, -0.05) is 6.92 Å². The van der Waals surface area contributed by atoms with Crippen molar-refractivity contribution in [2.24, 2.45) is 5.73 Å². The number of nitrogens with zero attached hydrogens (tertiary/aromatic N) is 2. The summed E-state index contributed by atoms with van der Waals surface area (Å²) in [5.74, 6) is 0.258. The number of hydrogen-bond donors (Lipinski definition) is 2. The Morgan fingerprint density at radius 2 is 2.36 bits per heavy atom. The van der Waals surface area contributed by atoms with Crippen molar-refractivity contribution >= 4 is 5.84 Å². The lowest BCUT2D eigenvalue weighted by Crippen LogP contribution is -2.41. The fourth-order valence-electron chi connectivity index (χ4n) is 2.23. The molecule has 1 atom stereocenters. The molecule has 0 aromatic rings. The van der Waals surface area contributed by atoms with Crippen molar-refractivity contribution in [1.82, 2.24) is 9.80 Å². The zero-order chi connectivity index (χ0) is 10.6. The van der Waals surface area contributed by atoms with E-state index in [0.29, 0.717) is 12.6 Å². The van der Waals surface area contributed by atoms with Gasteiger partial charge in [-0.15, -0.1) is 0 Å². The minimum atomic E-state index is 0.258. The number of likely N-dealkylation sites (N-methyl/N-ethyl adjacent to an activating group) is 2. The maximum absolute atomic E-state index is 7.22. The van der Waals surface area contributed by atoms with Crippen molar-refractivity contribution in [2.75, 3.05) is 33.2 Å². The molecule has 1 aliphatic rings. The molecule has 0 aliphatic carbocycles. The summed E-state index contributed by atoms with van der Waals surface area (Å²) in [5.41, 5.74) is 5.36. The highest BCUT2D eigenvalue weighted by Gasteiger charge is 2.23. The summed E-state index contributed by atoms with van der Waals surface area (Å²) >= 11 is 0. The van der Waals surface area contributed by atoms with E-state index in [4.69, 9.17) is 11.1 Å². The van der Waals surface area contributed by atoms with Crippen molar-refractivity contribution in [2.45, 2.75) is 25.8 Å². The molecule has 4 nitrogen and oxygen atoms in total. The van der Waals surface area contributed by atoms with Gasteiger partial charge in [-0.3, -0.25) is 15.2 Å². The fourth-order valence-corrected chi connectivity index (χ4v) is 2.23. The maximum Gasteiger partial charge on any atom is 0.105 e. The average Bonchev–Trinajstić information content (AvgIpc) is 2.50. The zero-order valence-corrected chi connectivity index (χ0v) is 9.29. The third-order valence-corrected chi connectivity index (χ3v) is 2.87. The summed E-state index contributed by atoms with van der Waals surface area (Å²) in [6.45, 7) is 6.21. The van der Waals surface area contributed by atoms with Crippen LogP contribution in [-0.4, -0.2) is 54.9 Å². The van der Waals surface area contributed by atoms with Gasteiger partial charge in [-0.25, -0.2) is 0 Å². The number of hydrogen-bond acceptors (Lipinski definition) is 3. The number of likely N-dealkylation sites (tertiary alicyclic amines) is 1. The van der Waals surface area contributed by atoms with E-state index in [-0.39, 0.29) is 5.84 Å². The van der Waals surface area contributed by atoms with E-state index in [1.807, 2.05) is 7.05 Å². The molecule has 0 aromatic carbocycles. The molecule has 0 aromatic heterocycles. The Hall–Kier alpha value is -0.610. The third-order valence-electron chi connectivity index (χ3n) is 2.87. The fraction of sp³-hybridized carbons (Fsp3) is 0.900. The highest BCUT2D eigenvalue weighted by molar-refractivity contribution is 5.78. The van der Waals surface area contributed by atoms with Crippen molar-refractivity contribution in [3.05, 3.63) is 0 Å². The topological polar surface area (TPSA) is 56.4 Å². The summed E-state index contributed by atoms with van der Waals surface area (Å²) in [4.78, 5) is 4.65. The minimum Gasteiger partial charge on any atom is -0.387 e. The first-order chi connectivity index (χ1) is 6.63. The molecule has 4 heteroatoms. The number of nitrogens with one attached hydrogen (secondary N) is 1. The second-order valence-corrected chi connectivity index (χ2v) is 4.15. The maximum atomic E-state index is 7.22. The predicted octanol–water partition coefficient (Wildman–Crippen LogP) is 0.338. The SMILES string of the molecule is CCN1CCCC1CN(C)CC(=N)N. The number of amidine groups is 1. The van der Waals surface area contributed by atoms with E-state index < -0.39 is 0 Å². The summed E-state index contributed by atoms with van der Waals surface area (Å²) in [5, 5.41) is 7.22. The van der Waals surface area contributed by atoms with Crippen LogP contribution in [0.5, 0.6) is 0 Å². The second-order valence-electron chi connectivity index (χ2n) is 4.15. The molecule has 82 valence electrons. The quantitative estimate of drug-likeness (QED) is 0.495. The van der Waals surface area contributed by atoms with Crippen molar-refractivity contribution < 1.29 is 0 Å². The largest absolute Gasteiger partial charge is 0.387 e. The van der Waals surface area contributed by atoms with E-state index in [9.17, 15) is 0 Å². The van der Waals surface area contributed by atoms with Gasteiger partial charge >= 0.3 is 0 Å². The average molecular weight is 198 g/mol. The van der Waals surface area contributed by atoms with Crippen LogP contribution in [-0.2, 0) is 0 Å². The molecule has 0 bridgehead atoms. The van der Waals surface area contributed by atoms with E-state index in [0.717, 1.165) is 13.1 Å². The molecular formula is C10H22N4. The smallest absolute Gasteiger partial charge is 0.105 e. The molecule has 1 unspecified atom stereocenters. The van der Waals surface area contributed by atoms with Gasteiger partial charge in [0.25, 0.3) is 0 Å². The predicted molar refractivity (Wildman–Crippen MR) is 59.7 cm³/mol. The zero-order valence-electron chi connectivity index (χ0n) is 9.29. The monoisotopic (exact) mass is 198 g/mol. The molecule has 1 heterocycles. The van der Waals surface area contributed by atoms with Crippen molar-refractivity contribution in [1.29, 1.82) is 5.41 Å². The summed E-state index contributed by atoms with van der Waals surface area (Å²) in [7, 11) is 2.04. The van der Waals surface area contributed by atoms with Crippen LogP contribution in [0.1, 0.15) is 19.8 Å². The molecule has 0 radical (unpaired) electrons. The Bertz CT molecular complexity index is 193. The molecule has 0 amide bonds. The van der Waals surface area contributed by atoms with Gasteiger partial charge in [0.05, 0.1) is 6.54 Å². The van der Waals surface area contributed by atoms with Crippen molar-refractivity contribution in [3.63, 3.8) is 0 Å². The third kappa shape index (κ3) is 3.27. The van der Waals surface area contributed by atoms with E-state index in [1.165, 1.54) is 19.4 Å². The van der Waals surface area contributed by atoms with Gasteiger partial charge < -0.3 is 5.73 Å². The molecule has 1 rings (SSSR count). The molecule has 14 heavy (non-hydrogen) atoms. The molecule has 3 N–H and O–H groups in total. The van der Waals surface area contributed by atoms with Crippen LogP contribution in [0.25, 0.3) is 0 Å². The van der Waals surface area contributed by atoms with Crippen LogP contribution < -0.4 is 5.73 Å². The first-order valence-electron chi connectivity index (χ1n) is 5.39. The molecule has 1 aliphatic heterocycles. The Labute approximate surface area is 86.6 Å². The van der Waals surface area contributed by atoms with Crippen LogP contribution in [0.2, 0.25) is 0 Å². The number of nitrogens with two attached hydrogens (primary N) is 1. The van der Waals surface area contributed by atoms with Gasteiger partial charge in [0, 0.05) is 12.6 Å². The first kappa shape index (κ1) is 11.5. The van der Waals surface area contributed by atoms with Crippen LogP contribution in [0.3, 0.4) is 0 Å². The van der Waals surface area contributed by atoms with E-state index in [1.54, 1.807) is 0 Å². The molecule has 0 spiro atoms. The highest BCUT2D eigenvalue weighted by Crippen LogP contribution is 2.16. The summed E-state index contributed by atoms with van der Waals surface area (Å²) < 4.78 is 0. The normalized spacial score (nSPS) is 23.2. The lowest BCUT2D eigenvalue weighted by molar-refractivity contribution is 0.210. The Kier molecular flexibility index (Phi) is 4.35. The van der Waals surface area contributed by atoms with Crippen LogP contribution in [0.15, 0.2) is 0 Å². The van der Waals surface area contributed by atoms with Crippen LogP contribution >= 0.6 is 0 Å². The lowest BCUT2D eigenvalue weighted by Gasteiger charge is -2.27. The summed E-state index contributed by atoms with van der Waals surface area (Å²) in [6, 6.07) is 0.671. The minimum absolute atomic E-state index is 0.258. The second kappa shape index (κ2) is 5.32. The first-order valence-corrected chi connectivity index (χ1v) is 5.39. The molecule has 0 saturated carbocycles. The Balaban J connectivity index is 2.31. The van der Waals surface area contributed by atoms with Gasteiger partial charge in [-0.2, -0.15) is 0 Å². The lowest BCUT2D eigenvalue weighted by atomic mass is 10.2. The van der Waals surface area contributed by atoms with Crippen LogP contribution in [0.4, 0.5) is 0 Å². The Morgan fingerprint density at radius 3 is 2.93 bits per heavy atom. The van der Waals surface area contributed by atoms with E-state index >= 15 is 0 Å². The summed E-state index contributed by atoms with van der Waals surface area (Å²) in [6.07, 6.45) is 2.60. The van der Waals surface area contributed by atoms with Crippen molar-refractivity contribution in [3.8, 4) is 0 Å². The molecule has 1 fully saturated rings. The van der Waals surface area contributed by atoms with Gasteiger partial charge in [0.2, 0.25) is 0 Å². The van der Waals surface area contributed by atoms with Gasteiger partial charge in [-0.05, 0) is 33.0 Å².